The first-order chi connectivity index (χ1) is 7.00. The van der Waals surface area contributed by atoms with Crippen molar-refractivity contribution in [2.45, 2.75) is 13.5 Å². The molecule has 0 fully saturated rings. The molecule has 0 saturated heterocycles. The van der Waals surface area contributed by atoms with Crippen molar-refractivity contribution in [3.8, 4) is 0 Å². The van der Waals surface area contributed by atoms with Crippen molar-refractivity contribution >= 4 is 45.2 Å². The van der Waals surface area contributed by atoms with Gasteiger partial charge in [-0.15, -0.1) is 0 Å². The van der Waals surface area contributed by atoms with Gasteiger partial charge >= 0.3 is 6.55 Å². The Hall–Kier alpha value is -0.430. The van der Waals surface area contributed by atoms with Crippen molar-refractivity contribution in [2.24, 2.45) is 0 Å². The second kappa shape index (κ2) is 3.86. The van der Waals surface area contributed by atoms with Crippen LogP contribution in [0.4, 0.5) is 8.78 Å². The fourth-order valence-electron chi connectivity index (χ4n) is 1.46. The van der Waals surface area contributed by atoms with Gasteiger partial charge in [-0.3, -0.25) is 4.57 Å². The van der Waals surface area contributed by atoms with E-state index in [-0.39, 0.29) is 5.82 Å². The van der Waals surface area contributed by atoms with E-state index in [1.807, 2.05) is 22.6 Å². The molecule has 0 atom stereocenters. The number of alkyl halides is 2. The minimum absolute atomic E-state index is 0.290. The highest BCUT2D eigenvalue weighted by Gasteiger charge is 2.15. The van der Waals surface area contributed by atoms with Crippen LogP contribution in [0.25, 0.3) is 11.0 Å². The van der Waals surface area contributed by atoms with Crippen molar-refractivity contribution in [3.63, 3.8) is 0 Å². The normalized spacial score (nSPS) is 11.6. The molecular formula is C9H6ClF2IN2. The maximum absolute atomic E-state index is 12.7. The molecule has 0 aliphatic rings. The van der Waals surface area contributed by atoms with Gasteiger partial charge in [-0.25, -0.2) is 4.98 Å². The van der Waals surface area contributed by atoms with E-state index in [9.17, 15) is 8.78 Å². The molecule has 80 valence electrons. The van der Waals surface area contributed by atoms with E-state index in [4.69, 9.17) is 11.6 Å². The molecule has 1 heterocycles. The monoisotopic (exact) mass is 342 g/mol. The Morgan fingerprint density at radius 1 is 1.47 bits per heavy atom. The fourth-order valence-corrected chi connectivity index (χ4v) is 2.07. The lowest BCUT2D eigenvalue weighted by atomic mass is 10.3. The van der Waals surface area contributed by atoms with Crippen LogP contribution in [0.5, 0.6) is 0 Å². The standard InChI is InChI=1S/C9H6ClF2IN2/c1-4-14-7-2-5(10)6(13)3-8(7)15(4)9(11)12/h2-3,9H,1H3. The summed E-state index contributed by atoms with van der Waals surface area (Å²) in [6, 6.07) is 3.22. The zero-order valence-electron chi connectivity index (χ0n) is 7.64. The van der Waals surface area contributed by atoms with Crippen LogP contribution in [0.2, 0.25) is 5.02 Å². The third-order valence-electron chi connectivity index (χ3n) is 2.10. The van der Waals surface area contributed by atoms with Crippen LogP contribution >= 0.6 is 34.2 Å². The van der Waals surface area contributed by atoms with Crippen molar-refractivity contribution in [1.82, 2.24) is 9.55 Å². The summed E-state index contributed by atoms with van der Waals surface area (Å²) in [5, 5.41) is 0.530. The predicted molar refractivity (Wildman–Crippen MR) is 63.5 cm³/mol. The van der Waals surface area contributed by atoms with Gasteiger partial charge in [0.2, 0.25) is 0 Å². The first-order valence-electron chi connectivity index (χ1n) is 4.12. The Kier molecular flexibility index (Phi) is 2.85. The fraction of sp³-hybridized carbons (Fsp3) is 0.222. The number of aryl methyl sites for hydroxylation is 1. The molecule has 2 rings (SSSR count). The van der Waals surface area contributed by atoms with E-state index >= 15 is 0 Å². The number of benzene rings is 1. The number of rotatable bonds is 1. The van der Waals surface area contributed by atoms with Crippen molar-refractivity contribution in [1.29, 1.82) is 0 Å². The Labute approximate surface area is 103 Å². The predicted octanol–water partition coefficient (Wildman–Crippen LogP) is 4.00. The maximum Gasteiger partial charge on any atom is 0.320 e. The smallest absolute Gasteiger partial charge is 0.270 e. The molecule has 0 amide bonds. The Morgan fingerprint density at radius 3 is 2.73 bits per heavy atom. The summed E-state index contributed by atoms with van der Waals surface area (Å²) < 4.78 is 27.1. The summed E-state index contributed by atoms with van der Waals surface area (Å²) in [4.78, 5) is 4.03. The van der Waals surface area contributed by atoms with Crippen molar-refractivity contribution < 1.29 is 8.78 Å². The molecule has 0 N–H and O–H groups in total. The molecule has 2 aromatic rings. The van der Waals surface area contributed by atoms with E-state index in [0.717, 1.165) is 8.14 Å². The van der Waals surface area contributed by atoms with E-state index < -0.39 is 6.55 Å². The molecule has 0 radical (unpaired) electrons. The van der Waals surface area contributed by atoms with Crippen LogP contribution in [0.15, 0.2) is 12.1 Å². The van der Waals surface area contributed by atoms with Gasteiger partial charge in [0.1, 0.15) is 5.82 Å². The number of fused-ring (bicyclic) bond motifs is 1. The molecule has 1 aromatic heterocycles. The highest BCUT2D eigenvalue weighted by molar-refractivity contribution is 14.1. The molecule has 1 aromatic carbocycles. The van der Waals surface area contributed by atoms with Gasteiger partial charge in [0, 0.05) is 3.57 Å². The van der Waals surface area contributed by atoms with E-state index in [1.165, 1.54) is 0 Å². The third-order valence-corrected chi connectivity index (χ3v) is 3.63. The number of nitrogens with zero attached hydrogens (tertiary/aromatic N) is 2. The number of hydrogen-bond donors (Lipinski definition) is 0. The Morgan fingerprint density at radius 2 is 2.13 bits per heavy atom. The van der Waals surface area contributed by atoms with E-state index in [1.54, 1.807) is 19.1 Å². The molecule has 2 nitrogen and oxygen atoms in total. The summed E-state index contributed by atoms with van der Waals surface area (Å²) in [5.41, 5.74) is 0.912. The van der Waals surface area contributed by atoms with Gasteiger partial charge in [-0.05, 0) is 41.6 Å². The number of imidazole rings is 1. The van der Waals surface area contributed by atoms with Gasteiger partial charge < -0.3 is 0 Å². The number of aromatic nitrogens is 2. The molecule has 0 aliphatic heterocycles. The molecule has 0 saturated carbocycles. The average Bonchev–Trinajstić information content (AvgIpc) is 2.41. The summed E-state index contributed by atoms with van der Waals surface area (Å²) >= 11 is 7.89. The zero-order chi connectivity index (χ0) is 11.2. The quantitative estimate of drug-likeness (QED) is 0.716. The largest absolute Gasteiger partial charge is 0.320 e. The van der Waals surface area contributed by atoms with Crippen LogP contribution in [-0.2, 0) is 0 Å². The summed E-state index contributed by atoms with van der Waals surface area (Å²) in [6.07, 6.45) is 0. The minimum atomic E-state index is -2.58. The maximum atomic E-state index is 12.7. The highest BCUT2D eigenvalue weighted by Crippen LogP contribution is 2.28. The van der Waals surface area contributed by atoms with Gasteiger partial charge in [0.05, 0.1) is 16.1 Å². The molecule has 0 bridgehead atoms. The Balaban J connectivity index is 2.81. The second-order valence-electron chi connectivity index (χ2n) is 3.06. The average molecular weight is 343 g/mol. The summed E-state index contributed by atoms with van der Waals surface area (Å²) in [5.74, 6) is 0.290. The van der Waals surface area contributed by atoms with Crippen molar-refractivity contribution in [3.05, 3.63) is 26.5 Å². The number of hydrogen-bond acceptors (Lipinski definition) is 1. The van der Waals surface area contributed by atoms with Gasteiger partial charge in [-0.2, -0.15) is 8.78 Å². The molecule has 0 spiro atoms. The lowest BCUT2D eigenvalue weighted by Gasteiger charge is -2.04. The summed E-state index contributed by atoms with van der Waals surface area (Å²) in [6.45, 7) is -1.03. The summed E-state index contributed by atoms with van der Waals surface area (Å²) in [7, 11) is 0. The van der Waals surface area contributed by atoms with Crippen LogP contribution in [0, 0.1) is 10.5 Å². The lowest BCUT2D eigenvalue weighted by molar-refractivity contribution is 0.0724. The molecule has 6 heteroatoms. The molecule has 15 heavy (non-hydrogen) atoms. The van der Waals surface area contributed by atoms with Crippen LogP contribution in [0.1, 0.15) is 12.4 Å². The number of halogens is 4. The first kappa shape index (κ1) is 11.1. The second-order valence-corrected chi connectivity index (χ2v) is 4.63. The molecule has 0 unspecified atom stereocenters. The topological polar surface area (TPSA) is 17.8 Å². The highest BCUT2D eigenvalue weighted by atomic mass is 127. The third kappa shape index (κ3) is 1.82. The Bertz CT molecular complexity index is 524. The van der Waals surface area contributed by atoms with E-state index in [0.29, 0.717) is 16.1 Å². The lowest BCUT2D eigenvalue weighted by Crippen LogP contribution is -2.00. The van der Waals surface area contributed by atoms with Gasteiger partial charge in [0.15, 0.2) is 0 Å². The van der Waals surface area contributed by atoms with Crippen LogP contribution in [0.3, 0.4) is 0 Å². The van der Waals surface area contributed by atoms with E-state index in [2.05, 4.69) is 4.98 Å². The molecule has 0 aliphatic carbocycles. The van der Waals surface area contributed by atoms with Crippen LogP contribution in [-0.4, -0.2) is 9.55 Å². The van der Waals surface area contributed by atoms with Gasteiger partial charge in [0.25, 0.3) is 0 Å². The van der Waals surface area contributed by atoms with Crippen molar-refractivity contribution in [2.75, 3.05) is 0 Å². The van der Waals surface area contributed by atoms with Gasteiger partial charge in [-0.1, -0.05) is 11.6 Å². The molecular weight excluding hydrogens is 336 g/mol. The van der Waals surface area contributed by atoms with Crippen LogP contribution < -0.4 is 0 Å². The SMILES string of the molecule is Cc1nc2cc(Cl)c(I)cc2n1C(F)F. The first-order valence-corrected chi connectivity index (χ1v) is 5.58. The minimum Gasteiger partial charge on any atom is -0.270 e. The zero-order valence-corrected chi connectivity index (χ0v) is 10.6.